The SMILES string of the molecule is CC(C)c1ccc(NC(=O)N[C@@H](C)c2ccc(Cl)cc2Cl)cc1. The van der Waals surface area contributed by atoms with Crippen molar-refractivity contribution in [3.8, 4) is 0 Å². The maximum Gasteiger partial charge on any atom is 0.319 e. The number of nitrogens with one attached hydrogen (secondary N) is 2. The monoisotopic (exact) mass is 350 g/mol. The highest BCUT2D eigenvalue weighted by molar-refractivity contribution is 6.35. The van der Waals surface area contributed by atoms with Crippen molar-refractivity contribution >= 4 is 34.9 Å². The summed E-state index contributed by atoms with van der Waals surface area (Å²) < 4.78 is 0. The van der Waals surface area contributed by atoms with Crippen LogP contribution in [-0.2, 0) is 0 Å². The van der Waals surface area contributed by atoms with Crippen molar-refractivity contribution in [2.75, 3.05) is 5.32 Å². The average molecular weight is 351 g/mol. The first kappa shape index (κ1) is 17.6. The number of carbonyl (C=O) groups excluding carboxylic acids is 1. The molecule has 0 unspecified atom stereocenters. The summed E-state index contributed by atoms with van der Waals surface area (Å²) in [5, 5.41) is 6.79. The lowest BCUT2D eigenvalue weighted by atomic mass is 10.0. The highest BCUT2D eigenvalue weighted by atomic mass is 35.5. The summed E-state index contributed by atoms with van der Waals surface area (Å²) in [6.45, 7) is 6.13. The van der Waals surface area contributed by atoms with Crippen LogP contribution in [0.1, 0.15) is 43.9 Å². The first-order valence-corrected chi connectivity index (χ1v) is 8.25. The van der Waals surface area contributed by atoms with E-state index in [1.54, 1.807) is 12.1 Å². The maximum atomic E-state index is 12.1. The van der Waals surface area contributed by atoms with Crippen molar-refractivity contribution in [3.05, 3.63) is 63.6 Å². The number of hydrogen-bond donors (Lipinski definition) is 2. The topological polar surface area (TPSA) is 41.1 Å². The first-order valence-electron chi connectivity index (χ1n) is 7.49. The molecule has 2 aromatic rings. The Morgan fingerprint density at radius 3 is 2.22 bits per heavy atom. The Labute approximate surface area is 147 Å². The summed E-state index contributed by atoms with van der Waals surface area (Å²) in [6.07, 6.45) is 0. The van der Waals surface area contributed by atoms with Gasteiger partial charge in [-0.25, -0.2) is 4.79 Å². The van der Waals surface area contributed by atoms with Gasteiger partial charge in [0.15, 0.2) is 0 Å². The van der Waals surface area contributed by atoms with Gasteiger partial charge in [-0.05, 0) is 48.2 Å². The number of hydrogen-bond acceptors (Lipinski definition) is 1. The molecule has 2 rings (SSSR count). The van der Waals surface area contributed by atoms with Crippen LogP contribution in [0.4, 0.5) is 10.5 Å². The minimum atomic E-state index is -0.277. The van der Waals surface area contributed by atoms with Crippen LogP contribution in [0.5, 0.6) is 0 Å². The van der Waals surface area contributed by atoms with Crippen LogP contribution < -0.4 is 10.6 Å². The van der Waals surface area contributed by atoms with Crippen LogP contribution in [0, 0.1) is 0 Å². The zero-order chi connectivity index (χ0) is 17.0. The van der Waals surface area contributed by atoms with Crippen LogP contribution in [0.25, 0.3) is 0 Å². The third-order valence-corrected chi connectivity index (χ3v) is 4.17. The van der Waals surface area contributed by atoms with Gasteiger partial charge in [-0.1, -0.05) is 55.2 Å². The first-order chi connectivity index (χ1) is 10.9. The Morgan fingerprint density at radius 2 is 1.65 bits per heavy atom. The van der Waals surface area contributed by atoms with E-state index in [9.17, 15) is 4.79 Å². The van der Waals surface area contributed by atoms with Crippen molar-refractivity contribution in [1.82, 2.24) is 5.32 Å². The molecule has 0 aliphatic rings. The van der Waals surface area contributed by atoms with E-state index < -0.39 is 0 Å². The molecular weight excluding hydrogens is 331 g/mol. The number of halogens is 2. The fraction of sp³-hybridized carbons (Fsp3) is 0.278. The van der Waals surface area contributed by atoms with E-state index in [-0.39, 0.29) is 12.1 Å². The van der Waals surface area contributed by atoms with Gasteiger partial charge in [0.25, 0.3) is 0 Å². The molecule has 2 N–H and O–H groups in total. The molecule has 2 amide bonds. The van der Waals surface area contributed by atoms with Crippen molar-refractivity contribution in [3.63, 3.8) is 0 Å². The molecule has 0 saturated heterocycles. The molecular formula is C18H20Cl2N2O. The number of amides is 2. The molecule has 0 radical (unpaired) electrons. The predicted octanol–water partition coefficient (Wildman–Crippen LogP) is 6.00. The Bertz CT molecular complexity index is 684. The molecule has 0 aliphatic carbocycles. The Balaban J connectivity index is 1.98. The molecule has 1 atom stereocenters. The minimum absolute atomic E-state index is 0.227. The number of rotatable bonds is 4. The third kappa shape index (κ3) is 4.88. The molecule has 0 fully saturated rings. The fourth-order valence-corrected chi connectivity index (χ4v) is 2.82. The van der Waals surface area contributed by atoms with Gasteiger partial charge in [-0.3, -0.25) is 0 Å². The van der Waals surface area contributed by atoms with Crippen LogP contribution in [0.3, 0.4) is 0 Å². The molecule has 23 heavy (non-hydrogen) atoms. The molecule has 0 saturated carbocycles. The average Bonchev–Trinajstić information content (AvgIpc) is 2.47. The van der Waals surface area contributed by atoms with E-state index in [1.165, 1.54) is 5.56 Å². The number of urea groups is 1. The van der Waals surface area contributed by atoms with Crippen LogP contribution in [0.2, 0.25) is 10.0 Å². The van der Waals surface area contributed by atoms with Gasteiger partial charge in [0, 0.05) is 15.7 Å². The van der Waals surface area contributed by atoms with Gasteiger partial charge in [0.1, 0.15) is 0 Å². The zero-order valence-corrected chi connectivity index (χ0v) is 14.9. The van der Waals surface area contributed by atoms with Crippen LogP contribution in [-0.4, -0.2) is 6.03 Å². The molecule has 122 valence electrons. The van der Waals surface area contributed by atoms with Crippen LogP contribution >= 0.6 is 23.2 Å². The predicted molar refractivity (Wildman–Crippen MR) is 97.6 cm³/mol. The number of benzene rings is 2. The van der Waals surface area contributed by atoms with E-state index in [4.69, 9.17) is 23.2 Å². The van der Waals surface area contributed by atoms with Crippen LogP contribution in [0.15, 0.2) is 42.5 Å². The van der Waals surface area contributed by atoms with Gasteiger partial charge in [-0.2, -0.15) is 0 Å². The van der Waals surface area contributed by atoms with Gasteiger partial charge in [0.05, 0.1) is 6.04 Å². The molecule has 0 spiro atoms. The number of anilines is 1. The quantitative estimate of drug-likeness (QED) is 0.697. The normalized spacial score (nSPS) is 12.1. The lowest BCUT2D eigenvalue weighted by Gasteiger charge is -2.17. The van der Waals surface area contributed by atoms with Gasteiger partial charge >= 0.3 is 6.03 Å². The molecule has 0 aliphatic heterocycles. The summed E-state index contributed by atoms with van der Waals surface area (Å²) in [6, 6.07) is 12.6. The fourth-order valence-electron chi connectivity index (χ4n) is 2.25. The maximum absolute atomic E-state index is 12.1. The summed E-state index contributed by atoms with van der Waals surface area (Å²) in [5.74, 6) is 0.463. The van der Waals surface area contributed by atoms with Crippen molar-refractivity contribution in [1.29, 1.82) is 0 Å². The second kappa shape index (κ2) is 7.71. The zero-order valence-electron chi connectivity index (χ0n) is 13.4. The van der Waals surface area contributed by atoms with Gasteiger partial charge < -0.3 is 10.6 Å². The van der Waals surface area contributed by atoms with E-state index in [0.29, 0.717) is 16.0 Å². The lowest BCUT2D eigenvalue weighted by molar-refractivity contribution is 0.249. The smallest absolute Gasteiger partial charge is 0.319 e. The van der Waals surface area contributed by atoms with E-state index in [0.717, 1.165) is 11.3 Å². The van der Waals surface area contributed by atoms with Crippen molar-refractivity contribution < 1.29 is 4.79 Å². The van der Waals surface area contributed by atoms with E-state index in [1.807, 2.05) is 37.3 Å². The number of carbonyl (C=O) groups is 1. The third-order valence-electron chi connectivity index (χ3n) is 3.61. The molecule has 0 aromatic heterocycles. The standard InChI is InChI=1S/C18H20Cl2N2O/c1-11(2)13-4-7-15(8-5-13)22-18(23)21-12(3)16-9-6-14(19)10-17(16)20/h4-12H,1-3H3,(H2,21,22,23)/t12-/m0/s1. The van der Waals surface area contributed by atoms with Gasteiger partial charge in [-0.15, -0.1) is 0 Å². The molecule has 5 heteroatoms. The van der Waals surface area contributed by atoms with Crippen molar-refractivity contribution in [2.24, 2.45) is 0 Å². The Kier molecular flexibility index (Phi) is 5.91. The molecule has 2 aromatic carbocycles. The Morgan fingerprint density at radius 1 is 1.00 bits per heavy atom. The molecule has 0 bridgehead atoms. The lowest BCUT2D eigenvalue weighted by Crippen LogP contribution is -2.31. The second-order valence-electron chi connectivity index (χ2n) is 5.76. The second-order valence-corrected chi connectivity index (χ2v) is 6.61. The Hall–Kier alpha value is -1.71. The minimum Gasteiger partial charge on any atom is -0.331 e. The molecule has 0 heterocycles. The van der Waals surface area contributed by atoms with Gasteiger partial charge in [0.2, 0.25) is 0 Å². The van der Waals surface area contributed by atoms with E-state index in [2.05, 4.69) is 24.5 Å². The highest BCUT2D eigenvalue weighted by Gasteiger charge is 2.13. The highest BCUT2D eigenvalue weighted by Crippen LogP contribution is 2.26. The van der Waals surface area contributed by atoms with Crippen molar-refractivity contribution in [2.45, 2.75) is 32.7 Å². The van der Waals surface area contributed by atoms with E-state index >= 15 is 0 Å². The summed E-state index contributed by atoms with van der Waals surface area (Å²) in [5.41, 5.74) is 2.81. The summed E-state index contributed by atoms with van der Waals surface area (Å²) >= 11 is 12.0. The summed E-state index contributed by atoms with van der Waals surface area (Å²) in [4.78, 5) is 12.1. The summed E-state index contributed by atoms with van der Waals surface area (Å²) in [7, 11) is 0. The molecule has 3 nitrogen and oxygen atoms in total. The largest absolute Gasteiger partial charge is 0.331 e.